The van der Waals surface area contributed by atoms with E-state index in [1.807, 2.05) is 0 Å². The van der Waals surface area contributed by atoms with Crippen LogP contribution in [0.15, 0.2) is 47.3 Å². The number of nitrogens with two attached hydrogens (primary N) is 1. The Bertz CT molecular complexity index is 914. The van der Waals surface area contributed by atoms with Gasteiger partial charge in [0.05, 0.1) is 12.6 Å². The highest BCUT2D eigenvalue weighted by Gasteiger charge is 2.11. The van der Waals surface area contributed by atoms with Crippen LogP contribution in [-0.4, -0.2) is 22.9 Å². The zero-order valence-electron chi connectivity index (χ0n) is 11.8. The molecular weight excluding hydrogens is 282 g/mol. The number of fused-ring (bicyclic) bond motifs is 1. The summed E-state index contributed by atoms with van der Waals surface area (Å²) < 4.78 is 5.07. The van der Waals surface area contributed by atoms with Gasteiger partial charge in [-0.1, -0.05) is 0 Å². The van der Waals surface area contributed by atoms with Crippen molar-refractivity contribution in [2.24, 2.45) is 0 Å². The SMILES string of the molecule is COc1ccc(C(=O)c2ccc3[nH]c(=O)nc(N)c3c2)cc1. The molecule has 6 heteroatoms. The van der Waals surface area contributed by atoms with Crippen molar-refractivity contribution in [1.29, 1.82) is 0 Å². The molecule has 1 aromatic heterocycles. The van der Waals surface area contributed by atoms with Crippen molar-refractivity contribution in [2.45, 2.75) is 0 Å². The minimum Gasteiger partial charge on any atom is -0.497 e. The molecule has 6 nitrogen and oxygen atoms in total. The second-order valence-corrected chi connectivity index (χ2v) is 4.75. The van der Waals surface area contributed by atoms with Crippen LogP contribution < -0.4 is 16.2 Å². The summed E-state index contributed by atoms with van der Waals surface area (Å²) in [4.78, 5) is 30.0. The predicted octanol–water partition coefficient (Wildman–Crippen LogP) is 1.74. The first-order chi connectivity index (χ1) is 10.6. The van der Waals surface area contributed by atoms with Crippen LogP contribution >= 0.6 is 0 Å². The Morgan fingerprint density at radius 3 is 2.50 bits per heavy atom. The second-order valence-electron chi connectivity index (χ2n) is 4.75. The molecule has 0 atom stereocenters. The number of aromatic nitrogens is 2. The number of benzene rings is 2. The Labute approximate surface area is 125 Å². The van der Waals surface area contributed by atoms with Gasteiger partial charge in [0.2, 0.25) is 0 Å². The smallest absolute Gasteiger partial charge is 0.347 e. The largest absolute Gasteiger partial charge is 0.497 e. The Kier molecular flexibility index (Phi) is 3.34. The first-order valence-electron chi connectivity index (χ1n) is 6.57. The number of hydrogen-bond acceptors (Lipinski definition) is 5. The lowest BCUT2D eigenvalue weighted by atomic mass is 10.0. The minimum atomic E-state index is -0.515. The molecule has 0 aliphatic rings. The summed E-state index contributed by atoms with van der Waals surface area (Å²) in [6.07, 6.45) is 0. The highest BCUT2D eigenvalue weighted by atomic mass is 16.5. The van der Waals surface area contributed by atoms with Crippen molar-refractivity contribution in [3.63, 3.8) is 0 Å². The van der Waals surface area contributed by atoms with Gasteiger partial charge in [-0.3, -0.25) is 4.79 Å². The summed E-state index contributed by atoms with van der Waals surface area (Å²) in [6.45, 7) is 0. The van der Waals surface area contributed by atoms with Crippen molar-refractivity contribution < 1.29 is 9.53 Å². The monoisotopic (exact) mass is 295 g/mol. The average Bonchev–Trinajstić information content (AvgIpc) is 2.54. The number of ketones is 1. The quantitative estimate of drug-likeness (QED) is 0.717. The molecule has 0 amide bonds. The normalized spacial score (nSPS) is 10.6. The van der Waals surface area contributed by atoms with Crippen LogP contribution in [0.25, 0.3) is 10.9 Å². The van der Waals surface area contributed by atoms with Crippen molar-refractivity contribution in [1.82, 2.24) is 9.97 Å². The van der Waals surface area contributed by atoms with E-state index in [9.17, 15) is 9.59 Å². The third-order valence-corrected chi connectivity index (χ3v) is 3.37. The van der Waals surface area contributed by atoms with Crippen molar-refractivity contribution >= 4 is 22.5 Å². The second kappa shape index (κ2) is 5.33. The Hall–Kier alpha value is -3.15. The maximum Gasteiger partial charge on any atom is 0.347 e. The van der Waals surface area contributed by atoms with E-state index in [2.05, 4.69) is 9.97 Å². The number of nitrogen functional groups attached to an aromatic ring is 1. The van der Waals surface area contributed by atoms with Crippen LogP contribution in [0.3, 0.4) is 0 Å². The topological polar surface area (TPSA) is 98.1 Å². The fraction of sp³-hybridized carbons (Fsp3) is 0.0625. The number of rotatable bonds is 3. The Morgan fingerprint density at radius 1 is 1.14 bits per heavy atom. The lowest BCUT2D eigenvalue weighted by molar-refractivity contribution is 0.103. The van der Waals surface area contributed by atoms with Crippen LogP contribution in [-0.2, 0) is 0 Å². The van der Waals surface area contributed by atoms with Gasteiger partial charge in [-0.15, -0.1) is 0 Å². The molecule has 2 aromatic carbocycles. The van der Waals surface area contributed by atoms with E-state index in [1.165, 1.54) is 0 Å². The number of anilines is 1. The van der Waals surface area contributed by atoms with E-state index >= 15 is 0 Å². The van der Waals surface area contributed by atoms with Crippen LogP contribution in [0.4, 0.5) is 5.82 Å². The molecule has 3 aromatic rings. The van der Waals surface area contributed by atoms with Gasteiger partial charge < -0.3 is 15.5 Å². The number of H-pyrrole nitrogens is 1. The standard InChI is InChI=1S/C16H13N3O3/c1-22-11-5-2-9(3-6-11)14(20)10-4-7-13-12(8-10)15(17)19-16(21)18-13/h2-8H,1H3,(H3,17,18,19,21). The zero-order chi connectivity index (χ0) is 15.7. The van der Waals surface area contributed by atoms with Gasteiger partial charge in [0.25, 0.3) is 0 Å². The van der Waals surface area contributed by atoms with Gasteiger partial charge in [-0.25, -0.2) is 4.79 Å². The van der Waals surface area contributed by atoms with Crippen LogP contribution in [0.2, 0.25) is 0 Å². The highest BCUT2D eigenvalue weighted by molar-refractivity contribution is 6.11. The van der Waals surface area contributed by atoms with Crippen LogP contribution in [0.1, 0.15) is 15.9 Å². The molecule has 0 aliphatic carbocycles. The number of nitrogens with zero attached hydrogens (tertiary/aromatic N) is 1. The molecule has 1 heterocycles. The summed E-state index contributed by atoms with van der Waals surface area (Å²) in [5, 5.41) is 0.541. The van der Waals surface area contributed by atoms with Gasteiger partial charge in [0.15, 0.2) is 5.78 Å². The first-order valence-corrected chi connectivity index (χ1v) is 6.57. The first kappa shape index (κ1) is 13.8. The molecule has 0 unspecified atom stereocenters. The summed E-state index contributed by atoms with van der Waals surface area (Å²) in [5.41, 5.74) is 6.78. The van der Waals surface area contributed by atoms with Crippen LogP contribution in [0, 0.1) is 0 Å². The molecule has 0 bridgehead atoms. The number of carbonyl (C=O) groups excluding carboxylic acids is 1. The third-order valence-electron chi connectivity index (χ3n) is 3.37. The number of aromatic amines is 1. The van der Waals surface area contributed by atoms with E-state index in [-0.39, 0.29) is 11.6 Å². The molecule has 22 heavy (non-hydrogen) atoms. The van der Waals surface area contributed by atoms with Gasteiger partial charge in [0, 0.05) is 16.5 Å². The molecule has 0 fully saturated rings. The van der Waals surface area contributed by atoms with E-state index in [0.29, 0.717) is 27.8 Å². The van der Waals surface area contributed by atoms with E-state index in [4.69, 9.17) is 10.5 Å². The fourth-order valence-corrected chi connectivity index (χ4v) is 2.23. The molecule has 3 N–H and O–H groups in total. The Balaban J connectivity index is 2.05. The lowest BCUT2D eigenvalue weighted by Gasteiger charge is -2.05. The molecule has 110 valence electrons. The highest BCUT2D eigenvalue weighted by Crippen LogP contribution is 2.20. The van der Waals surface area contributed by atoms with Gasteiger partial charge in [-0.05, 0) is 42.5 Å². The van der Waals surface area contributed by atoms with Gasteiger partial charge in [0.1, 0.15) is 11.6 Å². The summed E-state index contributed by atoms with van der Waals surface area (Å²) >= 11 is 0. The van der Waals surface area contributed by atoms with Crippen molar-refractivity contribution in [3.8, 4) is 5.75 Å². The predicted molar refractivity (Wildman–Crippen MR) is 83.2 cm³/mol. The zero-order valence-corrected chi connectivity index (χ0v) is 11.8. The molecule has 0 radical (unpaired) electrons. The van der Waals surface area contributed by atoms with Gasteiger partial charge >= 0.3 is 5.69 Å². The summed E-state index contributed by atoms with van der Waals surface area (Å²) in [6, 6.07) is 11.7. The Morgan fingerprint density at radius 2 is 1.82 bits per heavy atom. The molecule has 0 spiro atoms. The van der Waals surface area contributed by atoms with Crippen LogP contribution in [0.5, 0.6) is 5.75 Å². The summed E-state index contributed by atoms with van der Waals surface area (Å²) in [5.74, 6) is 0.638. The number of methoxy groups -OCH3 is 1. The third kappa shape index (κ3) is 2.42. The minimum absolute atomic E-state index is 0.100. The molecule has 0 saturated carbocycles. The molecule has 0 saturated heterocycles. The maximum absolute atomic E-state index is 12.5. The average molecular weight is 295 g/mol. The lowest BCUT2D eigenvalue weighted by Crippen LogP contribution is -2.13. The van der Waals surface area contributed by atoms with Crippen molar-refractivity contribution in [2.75, 3.05) is 12.8 Å². The number of nitrogens with one attached hydrogen (secondary N) is 1. The van der Waals surface area contributed by atoms with Gasteiger partial charge in [-0.2, -0.15) is 4.98 Å². The van der Waals surface area contributed by atoms with E-state index in [0.717, 1.165) is 0 Å². The fourth-order valence-electron chi connectivity index (χ4n) is 2.23. The maximum atomic E-state index is 12.5. The van der Waals surface area contributed by atoms with E-state index in [1.54, 1.807) is 49.6 Å². The van der Waals surface area contributed by atoms with E-state index < -0.39 is 5.69 Å². The summed E-state index contributed by atoms with van der Waals surface area (Å²) in [7, 11) is 1.57. The molecule has 0 aliphatic heterocycles. The molecule has 3 rings (SSSR count). The number of ether oxygens (including phenoxy) is 1. The number of carbonyl (C=O) groups is 1. The number of hydrogen-bond donors (Lipinski definition) is 2. The molecular formula is C16H13N3O3. The van der Waals surface area contributed by atoms with Crippen molar-refractivity contribution in [3.05, 3.63) is 64.1 Å².